The second-order valence-electron chi connectivity index (χ2n) is 6.56. The van der Waals surface area contributed by atoms with Crippen molar-refractivity contribution >= 4 is 21.8 Å². The first-order chi connectivity index (χ1) is 12.7. The minimum absolute atomic E-state index is 0.0691. The lowest BCUT2D eigenvalue weighted by Gasteiger charge is -2.34. The van der Waals surface area contributed by atoms with E-state index in [1.807, 2.05) is 13.8 Å². The van der Waals surface area contributed by atoms with Gasteiger partial charge in [0, 0.05) is 13.1 Å². The highest BCUT2D eigenvalue weighted by molar-refractivity contribution is 7.89. The van der Waals surface area contributed by atoms with Crippen LogP contribution in [-0.4, -0.2) is 57.0 Å². The zero-order valence-electron chi connectivity index (χ0n) is 15.3. The maximum atomic E-state index is 13.1. The average molecular weight is 401 g/mol. The molecule has 1 atom stereocenters. The van der Waals surface area contributed by atoms with E-state index in [9.17, 15) is 22.4 Å². The summed E-state index contributed by atoms with van der Waals surface area (Å²) in [5, 5.41) is 4.88. The molecule has 0 aliphatic carbocycles. The standard InChI is InChI=1S/C17H24FN3O5S/c1-12(2)10-19-16(22)17(23)20-11-15-21(8-3-9-26-15)27(24,25)14-6-4-13(18)5-7-14/h4-7,12,15H,3,8-11H2,1-2H3,(H,19,22)(H,20,23)/t15-/m1/s1. The molecule has 27 heavy (non-hydrogen) atoms. The number of carbonyl (C=O) groups is 2. The lowest BCUT2D eigenvalue weighted by Crippen LogP contribution is -2.53. The Morgan fingerprint density at radius 1 is 1.22 bits per heavy atom. The van der Waals surface area contributed by atoms with Crippen LogP contribution in [-0.2, 0) is 24.3 Å². The lowest BCUT2D eigenvalue weighted by atomic mass is 10.2. The normalized spacial score (nSPS) is 18.3. The maximum absolute atomic E-state index is 13.1. The number of halogens is 1. The molecule has 1 heterocycles. The van der Waals surface area contributed by atoms with Gasteiger partial charge in [-0.15, -0.1) is 0 Å². The minimum atomic E-state index is -3.93. The summed E-state index contributed by atoms with van der Waals surface area (Å²) in [6.07, 6.45) is -0.463. The molecule has 0 bridgehead atoms. The summed E-state index contributed by atoms with van der Waals surface area (Å²) < 4.78 is 45.2. The van der Waals surface area contributed by atoms with Crippen molar-refractivity contribution < 1.29 is 27.1 Å². The highest BCUT2D eigenvalue weighted by Crippen LogP contribution is 2.22. The molecule has 1 aliphatic heterocycles. The van der Waals surface area contributed by atoms with E-state index >= 15 is 0 Å². The smallest absolute Gasteiger partial charge is 0.309 e. The van der Waals surface area contributed by atoms with Crippen LogP contribution in [0.3, 0.4) is 0 Å². The Balaban J connectivity index is 2.03. The number of nitrogens with one attached hydrogen (secondary N) is 2. The first-order valence-electron chi connectivity index (χ1n) is 8.67. The Kier molecular flexibility index (Phi) is 7.28. The van der Waals surface area contributed by atoms with Crippen molar-refractivity contribution in [2.45, 2.75) is 31.4 Å². The largest absolute Gasteiger partial charge is 0.360 e. The summed E-state index contributed by atoms with van der Waals surface area (Å²) in [4.78, 5) is 23.5. The molecule has 1 aliphatic rings. The molecule has 0 aromatic heterocycles. The molecule has 1 aromatic rings. The maximum Gasteiger partial charge on any atom is 0.309 e. The van der Waals surface area contributed by atoms with Crippen molar-refractivity contribution in [2.75, 3.05) is 26.2 Å². The summed E-state index contributed by atoms with van der Waals surface area (Å²) in [7, 11) is -3.93. The third-order valence-corrected chi connectivity index (χ3v) is 5.79. The zero-order chi connectivity index (χ0) is 20.0. The van der Waals surface area contributed by atoms with Crippen LogP contribution in [0.15, 0.2) is 29.2 Å². The van der Waals surface area contributed by atoms with Crippen LogP contribution >= 0.6 is 0 Å². The molecule has 0 unspecified atom stereocenters. The average Bonchev–Trinajstić information content (AvgIpc) is 2.64. The van der Waals surface area contributed by atoms with E-state index in [2.05, 4.69) is 10.6 Å². The molecule has 2 amide bonds. The van der Waals surface area contributed by atoms with Gasteiger partial charge in [-0.3, -0.25) is 9.59 Å². The number of sulfonamides is 1. The topological polar surface area (TPSA) is 105 Å². The SMILES string of the molecule is CC(C)CNC(=O)C(=O)NC[C@H]1OCCCN1S(=O)(=O)c1ccc(F)cc1. The van der Waals surface area contributed by atoms with E-state index in [-0.39, 0.29) is 23.9 Å². The number of carbonyl (C=O) groups excluding carboxylic acids is 2. The molecule has 0 saturated carbocycles. The van der Waals surface area contributed by atoms with E-state index in [0.29, 0.717) is 19.6 Å². The van der Waals surface area contributed by atoms with Crippen LogP contribution in [0.2, 0.25) is 0 Å². The van der Waals surface area contributed by atoms with Crippen molar-refractivity contribution in [1.29, 1.82) is 0 Å². The van der Waals surface area contributed by atoms with Gasteiger partial charge in [0.05, 0.1) is 18.0 Å². The molecule has 8 nitrogen and oxygen atoms in total. The number of amides is 2. The van der Waals surface area contributed by atoms with E-state index in [0.717, 1.165) is 16.4 Å². The number of hydrogen-bond donors (Lipinski definition) is 2. The van der Waals surface area contributed by atoms with Gasteiger partial charge in [-0.1, -0.05) is 13.8 Å². The van der Waals surface area contributed by atoms with Crippen LogP contribution in [0.1, 0.15) is 20.3 Å². The van der Waals surface area contributed by atoms with Gasteiger partial charge in [0.25, 0.3) is 0 Å². The van der Waals surface area contributed by atoms with Gasteiger partial charge in [0.1, 0.15) is 12.0 Å². The summed E-state index contributed by atoms with van der Waals surface area (Å²) in [6, 6.07) is 4.48. The lowest BCUT2D eigenvalue weighted by molar-refractivity contribution is -0.140. The van der Waals surface area contributed by atoms with E-state index < -0.39 is 33.9 Å². The molecular formula is C17H24FN3O5S. The van der Waals surface area contributed by atoms with Crippen LogP contribution in [0.4, 0.5) is 4.39 Å². The fraction of sp³-hybridized carbons (Fsp3) is 0.529. The highest BCUT2D eigenvalue weighted by atomic mass is 32.2. The molecule has 10 heteroatoms. The molecule has 150 valence electrons. The van der Waals surface area contributed by atoms with E-state index in [4.69, 9.17) is 4.74 Å². The Morgan fingerprint density at radius 2 is 1.85 bits per heavy atom. The van der Waals surface area contributed by atoms with Crippen molar-refractivity contribution in [2.24, 2.45) is 5.92 Å². The number of nitrogens with zero attached hydrogens (tertiary/aromatic N) is 1. The number of rotatable bonds is 6. The fourth-order valence-corrected chi connectivity index (χ4v) is 4.05. The second-order valence-corrected chi connectivity index (χ2v) is 8.45. The Labute approximate surface area is 158 Å². The first kappa shape index (κ1) is 21.3. The summed E-state index contributed by atoms with van der Waals surface area (Å²) in [5.74, 6) is -1.99. The monoisotopic (exact) mass is 401 g/mol. The van der Waals surface area contributed by atoms with Crippen LogP contribution in [0.5, 0.6) is 0 Å². The summed E-state index contributed by atoms with van der Waals surface area (Å²) in [5.41, 5.74) is 0. The zero-order valence-corrected chi connectivity index (χ0v) is 16.1. The molecule has 0 spiro atoms. The van der Waals surface area contributed by atoms with Crippen molar-refractivity contribution in [3.05, 3.63) is 30.1 Å². The van der Waals surface area contributed by atoms with Crippen molar-refractivity contribution in [1.82, 2.24) is 14.9 Å². The van der Waals surface area contributed by atoms with Crippen LogP contribution in [0, 0.1) is 11.7 Å². The van der Waals surface area contributed by atoms with Crippen molar-refractivity contribution in [3.8, 4) is 0 Å². The molecule has 1 aromatic carbocycles. The van der Waals surface area contributed by atoms with Gasteiger partial charge in [-0.2, -0.15) is 4.31 Å². The minimum Gasteiger partial charge on any atom is -0.360 e. The van der Waals surface area contributed by atoms with Gasteiger partial charge in [0.15, 0.2) is 0 Å². The molecule has 2 N–H and O–H groups in total. The first-order valence-corrected chi connectivity index (χ1v) is 10.1. The molecule has 1 fully saturated rings. The van der Waals surface area contributed by atoms with Gasteiger partial charge < -0.3 is 15.4 Å². The second kappa shape index (κ2) is 9.25. The fourth-order valence-electron chi connectivity index (χ4n) is 2.48. The van der Waals surface area contributed by atoms with Crippen LogP contribution < -0.4 is 10.6 Å². The van der Waals surface area contributed by atoms with E-state index in [1.165, 1.54) is 12.1 Å². The predicted molar refractivity (Wildman–Crippen MR) is 95.5 cm³/mol. The van der Waals surface area contributed by atoms with Gasteiger partial charge in [-0.05, 0) is 36.6 Å². The molecule has 1 saturated heterocycles. The highest BCUT2D eigenvalue weighted by Gasteiger charge is 2.34. The Hall–Kier alpha value is -2.04. The van der Waals surface area contributed by atoms with E-state index in [1.54, 1.807) is 0 Å². The third kappa shape index (κ3) is 5.72. The van der Waals surface area contributed by atoms with Gasteiger partial charge in [-0.25, -0.2) is 12.8 Å². The summed E-state index contributed by atoms with van der Waals surface area (Å²) >= 11 is 0. The molecule has 0 radical (unpaired) electrons. The summed E-state index contributed by atoms with van der Waals surface area (Å²) in [6.45, 7) is 4.50. The Morgan fingerprint density at radius 3 is 2.48 bits per heavy atom. The Bertz CT molecular complexity index is 767. The number of ether oxygens (including phenoxy) is 1. The predicted octanol–water partition coefficient (Wildman–Crippen LogP) is 0.451. The quantitative estimate of drug-likeness (QED) is 0.674. The van der Waals surface area contributed by atoms with Gasteiger partial charge >= 0.3 is 11.8 Å². The third-order valence-electron chi connectivity index (χ3n) is 3.89. The molecule has 2 rings (SSSR count). The van der Waals surface area contributed by atoms with Gasteiger partial charge in [0.2, 0.25) is 10.0 Å². The number of hydrogen-bond acceptors (Lipinski definition) is 5. The number of benzene rings is 1. The molecular weight excluding hydrogens is 377 g/mol. The van der Waals surface area contributed by atoms with Crippen molar-refractivity contribution in [3.63, 3.8) is 0 Å². The van der Waals surface area contributed by atoms with Crippen LogP contribution in [0.25, 0.3) is 0 Å².